The van der Waals surface area contributed by atoms with Gasteiger partial charge in [0.1, 0.15) is 0 Å². The van der Waals surface area contributed by atoms with Crippen molar-refractivity contribution in [3.8, 4) is 0 Å². The minimum absolute atomic E-state index is 0.0339. The fraction of sp³-hybridized carbons (Fsp3) is 0.354. The number of fused-ring (bicyclic) bond motifs is 12. The van der Waals surface area contributed by atoms with Gasteiger partial charge in [0.25, 0.3) is 6.71 Å². The van der Waals surface area contributed by atoms with Gasteiger partial charge in [-0.15, -0.1) is 11.3 Å². The maximum Gasteiger partial charge on any atom is 0.252 e. The number of benzene rings is 7. The summed E-state index contributed by atoms with van der Waals surface area (Å²) >= 11 is 1.92. The first-order valence-electron chi connectivity index (χ1n) is 26.3. The van der Waals surface area contributed by atoms with Crippen molar-refractivity contribution >= 4 is 100 Å². The van der Waals surface area contributed by atoms with E-state index in [2.05, 4.69) is 218 Å². The fourth-order valence-corrected chi connectivity index (χ4v) is 17.5. The van der Waals surface area contributed by atoms with Gasteiger partial charge in [-0.2, -0.15) is 0 Å². The zero-order chi connectivity index (χ0) is 48.2. The SMILES string of the molecule is Cc1cc2c3c(c1)N(c1cccc4sc5ccccc5c14)c1cc(N4c5ccccc5C5(C)CCCCC45C)ccc1B3c1cc3c(cc1N2c1ccc2c(c1)C(C)(C)CC2(C)C)C(C)(C)CC3(C)C. The van der Waals surface area contributed by atoms with Gasteiger partial charge in [-0.3, -0.25) is 0 Å². The summed E-state index contributed by atoms with van der Waals surface area (Å²) in [5.41, 5.74) is 23.7. The number of nitrogens with zero attached hydrogens (tertiary/aromatic N) is 3. The molecule has 70 heavy (non-hydrogen) atoms. The minimum atomic E-state index is -0.0512. The Labute approximate surface area is 420 Å². The molecule has 8 aromatic rings. The van der Waals surface area contributed by atoms with Crippen LogP contribution in [0.2, 0.25) is 0 Å². The molecule has 350 valence electrons. The van der Waals surface area contributed by atoms with Gasteiger partial charge in [0.2, 0.25) is 0 Å². The van der Waals surface area contributed by atoms with Crippen molar-refractivity contribution in [1.29, 1.82) is 0 Å². The zero-order valence-electron chi connectivity index (χ0n) is 43.2. The van der Waals surface area contributed by atoms with Crippen LogP contribution in [0.15, 0.2) is 127 Å². The molecule has 3 aliphatic heterocycles. The number of para-hydroxylation sites is 1. The molecular formula is C65H66BN3S. The Morgan fingerprint density at radius 1 is 0.457 bits per heavy atom. The van der Waals surface area contributed by atoms with Crippen LogP contribution < -0.4 is 31.1 Å². The van der Waals surface area contributed by atoms with E-state index in [9.17, 15) is 0 Å². The molecule has 1 saturated carbocycles. The van der Waals surface area contributed by atoms with Gasteiger partial charge >= 0.3 is 0 Å². The lowest BCUT2D eigenvalue weighted by atomic mass is 9.33. The molecule has 4 heterocycles. The molecule has 0 N–H and O–H groups in total. The Kier molecular flexibility index (Phi) is 8.48. The number of rotatable bonds is 3. The molecule has 0 radical (unpaired) electrons. The molecule has 6 aliphatic rings. The molecule has 0 bridgehead atoms. The molecule has 7 aromatic carbocycles. The maximum atomic E-state index is 2.78. The highest BCUT2D eigenvalue weighted by molar-refractivity contribution is 7.26. The first-order chi connectivity index (χ1) is 33.3. The van der Waals surface area contributed by atoms with Crippen LogP contribution in [-0.4, -0.2) is 12.3 Å². The van der Waals surface area contributed by atoms with Crippen LogP contribution in [0, 0.1) is 6.92 Å². The summed E-state index contributed by atoms with van der Waals surface area (Å²) in [5.74, 6) is 0. The summed E-state index contributed by atoms with van der Waals surface area (Å²) in [5, 5.41) is 2.67. The van der Waals surface area contributed by atoms with Gasteiger partial charge in [0, 0.05) is 65.4 Å². The Morgan fingerprint density at radius 2 is 1.07 bits per heavy atom. The lowest BCUT2D eigenvalue weighted by Crippen LogP contribution is -2.61. The summed E-state index contributed by atoms with van der Waals surface area (Å²) in [6.07, 6.45) is 7.19. The second kappa shape index (κ2) is 13.8. The molecule has 1 fully saturated rings. The lowest BCUT2D eigenvalue weighted by Gasteiger charge is -2.50. The Balaban J connectivity index is 1.09. The van der Waals surface area contributed by atoms with Crippen molar-refractivity contribution in [3.05, 3.63) is 161 Å². The zero-order valence-corrected chi connectivity index (χ0v) is 44.0. The standard InChI is InChI=1S/C65H66BN3S/c1-39-31-54-59-55(32-39)68(51-22-18-24-57-58(51)42-19-12-15-23-56(42)70-57)52-34-41(69-50-21-14-13-20-44(50)64(10)29-16-17-30-65(64,69)11)26-28-48(52)66(59)49-35-46-47(63(8,9)38-62(46,6)7)36-53(49)67(54)40-25-27-43-45(33-40)61(4,5)37-60(43,2)3/h12-15,18-28,31-36H,16-17,29-30,37-38H2,1-11H3. The summed E-state index contributed by atoms with van der Waals surface area (Å²) in [6, 6.07) is 51.1. The van der Waals surface area contributed by atoms with Gasteiger partial charge < -0.3 is 14.7 Å². The van der Waals surface area contributed by atoms with E-state index in [1.54, 1.807) is 0 Å². The van der Waals surface area contributed by atoms with Crippen molar-refractivity contribution in [2.75, 3.05) is 14.7 Å². The summed E-state index contributed by atoms with van der Waals surface area (Å²) in [4.78, 5) is 8.19. The predicted octanol–water partition coefficient (Wildman–Crippen LogP) is 16.1. The number of hydrogen-bond acceptors (Lipinski definition) is 4. The third-order valence-corrected chi connectivity index (χ3v) is 20.3. The molecule has 0 spiro atoms. The quantitative estimate of drug-likeness (QED) is 0.164. The van der Waals surface area contributed by atoms with E-state index in [0.717, 1.165) is 12.8 Å². The van der Waals surface area contributed by atoms with E-state index in [4.69, 9.17) is 0 Å². The van der Waals surface area contributed by atoms with Crippen LogP contribution in [0.4, 0.5) is 45.5 Å². The molecule has 14 rings (SSSR count). The largest absolute Gasteiger partial charge is 0.334 e. The molecule has 3 aliphatic carbocycles. The van der Waals surface area contributed by atoms with Crippen LogP contribution in [0.3, 0.4) is 0 Å². The van der Waals surface area contributed by atoms with E-state index in [1.165, 1.54) is 141 Å². The van der Waals surface area contributed by atoms with Gasteiger partial charge in [0.05, 0.1) is 11.2 Å². The fourth-order valence-electron chi connectivity index (χ4n) is 16.4. The number of thiophene rings is 1. The first-order valence-corrected chi connectivity index (χ1v) is 27.2. The predicted molar refractivity (Wildman–Crippen MR) is 302 cm³/mol. The van der Waals surface area contributed by atoms with Crippen LogP contribution in [0.25, 0.3) is 20.2 Å². The Bertz CT molecular complexity index is 3610. The molecule has 1 aromatic heterocycles. The van der Waals surface area contributed by atoms with Crippen LogP contribution in [0.1, 0.15) is 141 Å². The monoisotopic (exact) mass is 932 g/mol. The average Bonchev–Trinajstić information content (AvgIpc) is 3.92. The van der Waals surface area contributed by atoms with Crippen LogP contribution in [0.5, 0.6) is 0 Å². The lowest BCUT2D eigenvalue weighted by molar-refractivity contribution is 0.195. The van der Waals surface area contributed by atoms with E-state index in [-0.39, 0.29) is 39.3 Å². The first kappa shape index (κ1) is 43.0. The second-order valence-corrected chi connectivity index (χ2v) is 26.6. The van der Waals surface area contributed by atoms with Crippen LogP contribution in [-0.2, 0) is 27.1 Å². The third-order valence-electron chi connectivity index (χ3n) is 19.2. The molecule has 0 saturated heterocycles. The van der Waals surface area contributed by atoms with Crippen molar-refractivity contribution in [2.24, 2.45) is 0 Å². The van der Waals surface area contributed by atoms with Gasteiger partial charge in [-0.05, 0) is 178 Å². The number of hydrogen-bond donors (Lipinski definition) is 0. The topological polar surface area (TPSA) is 9.72 Å². The van der Waals surface area contributed by atoms with Gasteiger partial charge in [-0.25, -0.2) is 0 Å². The van der Waals surface area contributed by atoms with E-state index < -0.39 is 0 Å². The average molecular weight is 932 g/mol. The summed E-state index contributed by atoms with van der Waals surface area (Å²) in [7, 11) is 0. The maximum absolute atomic E-state index is 2.78. The van der Waals surface area contributed by atoms with Gasteiger partial charge in [0.15, 0.2) is 0 Å². The molecule has 0 amide bonds. The van der Waals surface area contributed by atoms with E-state index >= 15 is 0 Å². The summed E-state index contributed by atoms with van der Waals surface area (Å²) < 4.78 is 2.66. The third kappa shape index (κ3) is 5.48. The normalized spacial score (nSPS) is 23.5. The second-order valence-electron chi connectivity index (χ2n) is 25.6. The van der Waals surface area contributed by atoms with Crippen molar-refractivity contribution in [3.63, 3.8) is 0 Å². The van der Waals surface area contributed by atoms with Gasteiger partial charge in [-0.1, -0.05) is 136 Å². The molecule has 2 atom stereocenters. The molecule has 3 nitrogen and oxygen atoms in total. The highest BCUT2D eigenvalue weighted by Gasteiger charge is 2.58. The molecular weight excluding hydrogens is 866 g/mol. The minimum Gasteiger partial charge on any atom is -0.334 e. The van der Waals surface area contributed by atoms with Crippen molar-refractivity contribution in [1.82, 2.24) is 0 Å². The highest BCUT2D eigenvalue weighted by Crippen LogP contribution is 2.62. The van der Waals surface area contributed by atoms with Crippen molar-refractivity contribution in [2.45, 2.75) is 147 Å². The molecule has 5 heteroatoms. The van der Waals surface area contributed by atoms with Crippen LogP contribution >= 0.6 is 11.3 Å². The highest BCUT2D eigenvalue weighted by atomic mass is 32.1. The Morgan fingerprint density at radius 3 is 1.86 bits per heavy atom. The van der Waals surface area contributed by atoms with Crippen molar-refractivity contribution < 1.29 is 0 Å². The van der Waals surface area contributed by atoms with E-state index in [0.29, 0.717) is 0 Å². The van der Waals surface area contributed by atoms with E-state index in [1.807, 2.05) is 11.3 Å². The number of aryl methyl sites for hydroxylation is 1. The number of anilines is 8. The molecule has 2 unspecified atom stereocenters. The smallest absolute Gasteiger partial charge is 0.252 e. The Hall–Kier alpha value is -5.78. The summed E-state index contributed by atoms with van der Waals surface area (Å²) in [6.45, 7) is 27.2.